The third-order valence-electron chi connectivity index (χ3n) is 7.04. The molecule has 1 heterocycles. The van der Waals surface area contributed by atoms with Crippen molar-refractivity contribution in [3.05, 3.63) is 30.3 Å². The number of benzene rings is 1. The van der Waals surface area contributed by atoms with Crippen molar-refractivity contribution in [2.24, 2.45) is 10.8 Å². The molecule has 0 N–H and O–H groups in total. The zero-order valence-corrected chi connectivity index (χ0v) is 29.7. The summed E-state index contributed by atoms with van der Waals surface area (Å²) in [5.74, 6) is 0.886. The largest absolute Gasteiger partial charge is 0.465 e. The van der Waals surface area contributed by atoms with E-state index < -0.39 is 0 Å². The van der Waals surface area contributed by atoms with Crippen LogP contribution in [0.4, 0.5) is 0 Å². The average molecular weight is 553 g/mol. The Morgan fingerprint density at radius 1 is 0.615 bits per heavy atom. The molecule has 4 rings (SSSR count). The van der Waals surface area contributed by atoms with Crippen LogP contribution in [-0.2, 0) is 4.74 Å². The molecule has 236 valence electrons. The van der Waals surface area contributed by atoms with Crippen molar-refractivity contribution in [1.29, 1.82) is 0 Å². The third-order valence-corrected chi connectivity index (χ3v) is 7.04. The molecule has 0 spiro atoms. The summed E-state index contributed by atoms with van der Waals surface area (Å²) < 4.78 is 10.5. The van der Waals surface area contributed by atoms with Crippen LogP contribution in [0.5, 0.6) is 5.75 Å². The minimum Gasteiger partial charge on any atom is -0.465 e. The highest BCUT2D eigenvalue weighted by molar-refractivity contribution is 5.21. The molecular formula is C37H76O2. The molecule has 39 heavy (non-hydrogen) atoms. The van der Waals surface area contributed by atoms with Gasteiger partial charge in [0, 0.05) is 6.42 Å². The fourth-order valence-corrected chi connectivity index (χ4v) is 4.83. The van der Waals surface area contributed by atoms with E-state index >= 15 is 0 Å². The van der Waals surface area contributed by atoms with Crippen molar-refractivity contribution in [3.8, 4) is 5.75 Å². The molecule has 2 aliphatic carbocycles. The molecular weight excluding hydrogens is 476 g/mol. The highest BCUT2D eigenvalue weighted by Gasteiger charge is 2.44. The first-order valence-electron chi connectivity index (χ1n) is 17.3. The molecule has 3 fully saturated rings. The van der Waals surface area contributed by atoms with Crippen molar-refractivity contribution >= 4 is 0 Å². The second kappa shape index (κ2) is 33.2. The summed E-state index contributed by atoms with van der Waals surface area (Å²) in [6.45, 7) is 30.5. The fourth-order valence-electron chi connectivity index (χ4n) is 4.83. The molecule has 0 radical (unpaired) electrons. The lowest BCUT2D eigenvalue weighted by Crippen LogP contribution is -2.40. The summed E-state index contributed by atoms with van der Waals surface area (Å²) in [6.07, 6.45) is 18.5. The predicted molar refractivity (Wildman–Crippen MR) is 181 cm³/mol. The van der Waals surface area contributed by atoms with Crippen LogP contribution in [0.15, 0.2) is 30.3 Å². The average Bonchev–Trinajstić information content (AvgIpc) is 2.98. The lowest BCUT2D eigenvalue weighted by atomic mass is 9.54. The molecule has 2 heteroatoms. The molecule has 3 aliphatic rings. The summed E-state index contributed by atoms with van der Waals surface area (Å²) >= 11 is 0. The van der Waals surface area contributed by atoms with Crippen LogP contribution in [0.2, 0.25) is 0 Å². The zero-order chi connectivity index (χ0) is 31.0. The minimum atomic E-state index is -0.00241. The number of hydrogen-bond donors (Lipinski definition) is 0. The lowest BCUT2D eigenvalue weighted by molar-refractivity contribution is -0.165. The van der Waals surface area contributed by atoms with E-state index in [1.807, 2.05) is 85.7 Å². The highest BCUT2D eigenvalue weighted by Crippen LogP contribution is 2.56. The Balaban J connectivity index is -0.000000218. The van der Waals surface area contributed by atoms with E-state index in [0.29, 0.717) is 10.8 Å². The second-order valence-corrected chi connectivity index (χ2v) is 10.2. The van der Waals surface area contributed by atoms with E-state index in [0.717, 1.165) is 18.8 Å². The highest BCUT2D eigenvalue weighted by atomic mass is 16.7. The third kappa shape index (κ3) is 21.4. The van der Waals surface area contributed by atoms with Crippen LogP contribution in [0.3, 0.4) is 0 Å². The maximum absolute atomic E-state index is 5.43. The number of ether oxygens (including phenoxy) is 2. The van der Waals surface area contributed by atoms with Crippen molar-refractivity contribution in [3.63, 3.8) is 0 Å². The minimum absolute atomic E-state index is 0.00241. The molecule has 1 aliphatic heterocycles. The van der Waals surface area contributed by atoms with E-state index in [1.54, 1.807) is 0 Å². The van der Waals surface area contributed by atoms with Crippen molar-refractivity contribution < 1.29 is 9.47 Å². The Bertz CT molecular complexity index is 500. The van der Waals surface area contributed by atoms with Crippen LogP contribution in [0.1, 0.15) is 180 Å². The topological polar surface area (TPSA) is 18.5 Å². The van der Waals surface area contributed by atoms with Gasteiger partial charge < -0.3 is 9.47 Å². The van der Waals surface area contributed by atoms with Crippen LogP contribution >= 0.6 is 0 Å². The fraction of sp³-hybridized carbons (Fsp3) is 0.838. The molecule has 1 atom stereocenters. The summed E-state index contributed by atoms with van der Waals surface area (Å²) in [5, 5.41) is 0. The Labute approximate surface area is 249 Å². The van der Waals surface area contributed by atoms with Crippen LogP contribution in [0, 0.1) is 10.8 Å². The van der Waals surface area contributed by atoms with Gasteiger partial charge in [-0.05, 0) is 48.6 Å². The van der Waals surface area contributed by atoms with Gasteiger partial charge in [-0.2, -0.15) is 0 Å². The van der Waals surface area contributed by atoms with E-state index in [2.05, 4.69) is 41.5 Å². The van der Waals surface area contributed by atoms with Gasteiger partial charge in [0.25, 0.3) is 0 Å². The second-order valence-electron chi connectivity index (χ2n) is 10.2. The Hall–Kier alpha value is -1.02. The van der Waals surface area contributed by atoms with E-state index in [4.69, 9.17) is 9.47 Å². The van der Waals surface area contributed by atoms with Gasteiger partial charge in [0.05, 0.1) is 6.61 Å². The number of rotatable bonds is 3. The molecule has 0 bridgehead atoms. The quantitative estimate of drug-likeness (QED) is 0.371. The van der Waals surface area contributed by atoms with Crippen LogP contribution < -0.4 is 4.74 Å². The van der Waals surface area contributed by atoms with Gasteiger partial charge in [-0.15, -0.1) is 0 Å². The Morgan fingerprint density at radius 3 is 1.18 bits per heavy atom. The monoisotopic (exact) mass is 553 g/mol. The Kier molecular flexibility index (Phi) is 38.3. The van der Waals surface area contributed by atoms with Crippen LogP contribution in [-0.4, -0.2) is 12.9 Å². The van der Waals surface area contributed by atoms with Gasteiger partial charge in [0.2, 0.25) is 6.29 Å². The lowest BCUT2D eigenvalue weighted by Gasteiger charge is -2.51. The van der Waals surface area contributed by atoms with Gasteiger partial charge in [0.1, 0.15) is 5.75 Å². The SMILES string of the molecule is CC.CC.CC.CC.CC1(C2(C)CCCCC2)CCCCC1.CCC.CCC.c1ccc(OC2CCO2)cc1. The molecule has 1 saturated heterocycles. The van der Waals surface area contributed by atoms with Gasteiger partial charge in [0.15, 0.2) is 0 Å². The molecule has 0 amide bonds. The standard InChI is InChI=1S/C14H26.C9H10O2.2C3H8.4C2H6/c1-13(9-5-3-6-10-13)14(2)11-7-4-8-12-14;1-2-4-8(5-3-1)11-9-6-7-10-9;2*1-3-2;4*1-2/h3-12H2,1-2H3;1-5,9H,6-7H2;2*3H2,1-2H3;4*1-2H3. The molecule has 1 unspecified atom stereocenters. The van der Waals surface area contributed by atoms with Crippen molar-refractivity contribution in [2.75, 3.05) is 6.61 Å². The summed E-state index contributed by atoms with van der Waals surface area (Å²) in [6, 6.07) is 9.74. The van der Waals surface area contributed by atoms with Crippen molar-refractivity contribution in [1.82, 2.24) is 0 Å². The molecule has 1 aromatic rings. The molecule has 2 saturated carbocycles. The smallest absolute Gasteiger partial charge is 0.202 e. The zero-order valence-electron chi connectivity index (χ0n) is 29.7. The molecule has 2 nitrogen and oxygen atoms in total. The van der Waals surface area contributed by atoms with E-state index in [-0.39, 0.29) is 6.29 Å². The normalized spacial score (nSPS) is 19.1. The summed E-state index contributed by atoms with van der Waals surface area (Å²) in [7, 11) is 0. The van der Waals surface area contributed by atoms with E-state index in [1.165, 1.54) is 77.0 Å². The number of hydrogen-bond acceptors (Lipinski definition) is 2. The molecule has 0 aromatic heterocycles. The first kappa shape index (κ1) is 45.0. The van der Waals surface area contributed by atoms with Crippen LogP contribution in [0.25, 0.3) is 0 Å². The van der Waals surface area contributed by atoms with E-state index in [9.17, 15) is 0 Å². The Morgan fingerprint density at radius 2 is 0.923 bits per heavy atom. The van der Waals surface area contributed by atoms with Gasteiger partial charge in [-0.3, -0.25) is 0 Å². The first-order chi connectivity index (χ1) is 18.9. The van der Waals surface area contributed by atoms with Gasteiger partial charge >= 0.3 is 0 Å². The number of para-hydroxylation sites is 1. The molecule has 1 aromatic carbocycles. The summed E-state index contributed by atoms with van der Waals surface area (Å²) in [5.41, 5.74) is 1.37. The van der Waals surface area contributed by atoms with Crippen molar-refractivity contribution in [2.45, 2.75) is 187 Å². The first-order valence-corrected chi connectivity index (χ1v) is 17.3. The summed E-state index contributed by atoms with van der Waals surface area (Å²) in [4.78, 5) is 0. The van der Waals surface area contributed by atoms with Gasteiger partial charge in [-0.1, -0.05) is 166 Å². The van der Waals surface area contributed by atoms with Gasteiger partial charge in [-0.25, -0.2) is 0 Å². The maximum atomic E-state index is 5.43. The predicted octanol–water partition coefficient (Wildman–Crippen LogP) is 13.7. The maximum Gasteiger partial charge on any atom is 0.202 e.